The summed E-state index contributed by atoms with van der Waals surface area (Å²) in [5, 5.41) is 9.77. The number of aliphatic hydroxyl groups excluding tert-OH is 1. The molecule has 3 nitrogen and oxygen atoms in total. The minimum Gasteiger partial charge on any atom is -0.458 e. The van der Waals surface area contributed by atoms with Gasteiger partial charge in [0.1, 0.15) is 6.10 Å². The van der Waals surface area contributed by atoms with Crippen LogP contribution in [0, 0.1) is 0 Å². The molecule has 0 saturated carbocycles. The van der Waals surface area contributed by atoms with E-state index in [0.29, 0.717) is 6.42 Å². The van der Waals surface area contributed by atoms with Crippen LogP contribution in [0.15, 0.2) is 21.6 Å². The third-order valence-corrected chi connectivity index (χ3v) is 3.61. The van der Waals surface area contributed by atoms with Crippen molar-refractivity contribution in [3.8, 4) is 0 Å². The minimum atomic E-state index is -0.433. The lowest BCUT2D eigenvalue weighted by molar-refractivity contribution is -0.140. The Bertz CT molecular complexity index is 336. The molecule has 0 aromatic carbocycles. The lowest BCUT2D eigenvalue weighted by atomic mass is 10.1. The van der Waals surface area contributed by atoms with Gasteiger partial charge in [0.15, 0.2) is 0 Å². The lowest BCUT2D eigenvalue weighted by Crippen LogP contribution is -2.06. The van der Waals surface area contributed by atoms with E-state index in [2.05, 4.69) is 37.9 Å². The highest BCUT2D eigenvalue weighted by Gasteiger charge is 2.20. The molecular weight excluding hydrogens is 376 g/mol. The molecule has 1 heterocycles. The lowest BCUT2D eigenvalue weighted by Gasteiger charge is -2.07. The van der Waals surface area contributed by atoms with Gasteiger partial charge in [0, 0.05) is 6.42 Å². The minimum absolute atomic E-state index is 0.136. The highest BCUT2D eigenvalue weighted by molar-refractivity contribution is 9.28. The molecule has 2 atom stereocenters. The average Bonchev–Trinajstić information content (AvgIpc) is 2.76. The standard InChI is InChI=1S/C14H20Br2O3/c15-13(16)6-4-2-1-3-5-11(17)7-8-12-9-10-14(18)19-12/h6-8,11-12,17H,1-5,9-10H2/b8-7+/t11-,12+/m0/s1. The molecule has 1 aliphatic rings. The van der Waals surface area contributed by atoms with Gasteiger partial charge in [0.2, 0.25) is 0 Å². The van der Waals surface area contributed by atoms with Crippen LogP contribution in [0.4, 0.5) is 0 Å². The van der Waals surface area contributed by atoms with Crippen molar-refractivity contribution in [1.82, 2.24) is 0 Å². The van der Waals surface area contributed by atoms with Crippen molar-refractivity contribution in [3.63, 3.8) is 0 Å². The first-order chi connectivity index (χ1) is 9.08. The van der Waals surface area contributed by atoms with Crippen LogP contribution in [0.25, 0.3) is 0 Å². The molecule has 5 heteroatoms. The van der Waals surface area contributed by atoms with Gasteiger partial charge in [-0.2, -0.15) is 0 Å². The third-order valence-electron chi connectivity index (χ3n) is 2.97. The average molecular weight is 396 g/mol. The monoisotopic (exact) mass is 394 g/mol. The molecule has 1 aliphatic heterocycles. The first kappa shape index (κ1) is 16.9. The van der Waals surface area contributed by atoms with Crippen molar-refractivity contribution >= 4 is 37.8 Å². The third kappa shape index (κ3) is 8.60. The van der Waals surface area contributed by atoms with Gasteiger partial charge in [-0.25, -0.2) is 0 Å². The molecule has 0 bridgehead atoms. The Morgan fingerprint density at radius 3 is 2.84 bits per heavy atom. The Morgan fingerprint density at radius 2 is 2.21 bits per heavy atom. The quantitative estimate of drug-likeness (QED) is 0.380. The van der Waals surface area contributed by atoms with Crippen LogP contribution in [0.2, 0.25) is 0 Å². The maximum absolute atomic E-state index is 10.9. The fraction of sp³-hybridized carbons (Fsp3) is 0.643. The number of rotatable bonds is 8. The molecule has 0 aromatic heterocycles. The van der Waals surface area contributed by atoms with Crippen LogP contribution in [0.1, 0.15) is 44.9 Å². The number of carbonyl (C=O) groups excluding carboxylic acids is 1. The highest BCUT2D eigenvalue weighted by atomic mass is 79.9. The molecule has 0 aliphatic carbocycles. The second-order valence-corrected chi connectivity index (χ2v) is 7.42. The second-order valence-electron chi connectivity index (χ2n) is 4.65. The highest BCUT2D eigenvalue weighted by Crippen LogP contribution is 2.17. The molecule has 0 radical (unpaired) electrons. The first-order valence-electron chi connectivity index (χ1n) is 6.65. The number of cyclic esters (lactones) is 1. The van der Waals surface area contributed by atoms with Crippen molar-refractivity contribution in [2.24, 2.45) is 0 Å². The predicted molar refractivity (Wildman–Crippen MR) is 83.3 cm³/mol. The van der Waals surface area contributed by atoms with E-state index in [4.69, 9.17) is 4.74 Å². The summed E-state index contributed by atoms with van der Waals surface area (Å²) in [7, 11) is 0. The molecule has 1 saturated heterocycles. The molecule has 108 valence electrons. The maximum Gasteiger partial charge on any atom is 0.306 e. The van der Waals surface area contributed by atoms with E-state index < -0.39 is 6.10 Å². The first-order valence-corrected chi connectivity index (χ1v) is 8.23. The topological polar surface area (TPSA) is 46.5 Å². The maximum atomic E-state index is 10.9. The fourth-order valence-electron chi connectivity index (χ4n) is 1.92. The van der Waals surface area contributed by atoms with Gasteiger partial charge in [-0.05, 0) is 63.6 Å². The van der Waals surface area contributed by atoms with Gasteiger partial charge in [-0.3, -0.25) is 4.79 Å². The van der Waals surface area contributed by atoms with Gasteiger partial charge in [-0.15, -0.1) is 0 Å². The fourth-order valence-corrected chi connectivity index (χ4v) is 2.37. The number of aliphatic hydroxyl groups is 1. The number of hydrogen-bond acceptors (Lipinski definition) is 3. The van der Waals surface area contributed by atoms with Gasteiger partial charge in [0.25, 0.3) is 0 Å². The van der Waals surface area contributed by atoms with Crippen molar-refractivity contribution in [2.75, 3.05) is 0 Å². The van der Waals surface area contributed by atoms with Crippen molar-refractivity contribution in [2.45, 2.75) is 57.2 Å². The largest absolute Gasteiger partial charge is 0.458 e. The van der Waals surface area contributed by atoms with Crippen LogP contribution < -0.4 is 0 Å². The predicted octanol–water partition coefficient (Wildman–Crippen LogP) is 4.19. The van der Waals surface area contributed by atoms with Crippen molar-refractivity contribution in [1.29, 1.82) is 0 Å². The normalized spacial score (nSPS) is 20.6. The SMILES string of the molecule is O=C1CC[C@@H](/C=C/[C@@H](O)CCCCCC=C(Br)Br)O1. The summed E-state index contributed by atoms with van der Waals surface area (Å²) >= 11 is 6.63. The molecule has 19 heavy (non-hydrogen) atoms. The van der Waals surface area contributed by atoms with E-state index in [9.17, 15) is 9.90 Å². The van der Waals surface area contributed by atoms with Crippen molar-refractivity contribution < 1.29 is 14.6 Å². The smallest absolute Gasteiger partial charge is 0.306 e. The van der Waals surface area contributed by atoms with E-state index >= 15 is 0 Å². The summed E-state index contributed by atoms with van der Waals surface area (Å²) < 4.78 is 6.03. The van der Waals surface area contributed by atoms with Gasteiger partial charge < -0.3 is 9.84 Å². The summed E-state index contributed by atoms with van der Waals surface area (Å²) in [5.74, 6) is -0.143. The molecule has 0 unspecified atom stereocenters. The molecule has 0 spiro atoms. The number of allylic oxidation sites excluding steroid dienone is 1. The molecular formula is C14H20Br2O3. The van der Waals surface area contributed by atoms with E-state index in [1.165, 1.54) is 0 Å². The number of hydrogen-bond donors (Lipinski definition) is 1. The molecule has 1 N–H and O–H groups in total. The molecule has 0 amide bonds. The van der Waals surface area contributed by atoms with Crippen LogP contribution in [0.5, 0.6) is 0 Å². The van der Waals surface area contributed by atoms with Crippen molar-refractivity contribution in [3.05, 3.63) is 21.6 Å². The Morgan fingerprint density at radius 1 is 1.42 bits per heavy atom. The molecule has 1 rings (SSSR count). The number of ether oxygens (including phenoxy) is 1. The Kier molecular flexibility index (Phi) is 8.66. The van der Waals surface area contributed by atoms with Crippen LogP contribution in [-0.2, 0) is 9.53 Å². The second kappa shape index (κ2) is 9.72. The summed E-state index contributed by atoms with van der Waals surface area (Å²) in [6.45, 7) is 0. The molecule has 1 fully saturated rings. The summed E-state index contributed by atoms with van der Waals surface area (Å²) in [4.78, 5) is 10.9. The van der Waals surface area contributed by atoms with E-state index in [0.717, 1.165) is 41.9 Å². The van der Waals surface area contributed by atoms with Crippen LogP contribution >= 0.6 is 31.9 Å². The van der Waals surface area contributed by atoms with E-state index in [1.807, 2.05) is 0 Å². The van der Waals surface area contributed by atoms with Crippen LogP contribution in [0.3, 0.4) is 0 Å². The van der Waals surface area contributed by atoms with Gasteiger partial charge >= 0.3 is 5.97 Å². The summed E-state index contributed by atoms with van der Waals surface area (Å²) in [6, 6.07) is 0. The van der Waals surface area contributed by atoms with Gasteiger partial charge in [0.05, 0.1) is 9.50 Å². The van der Waals surface area contributed by atoms with E-state index in [-0.39, 0.29) is 12.1 Å². The zero-order valence-corrected chi connectivity index (χ0v) is 14.0. The van der Waals surface area contributed by atoms with Crippen LogP contribution in [-0.4, -0.2) is 23.3 Å². The number of carbonyl (C=O) groups is 1. The Labute approximate surface area is 131 Å². The summed E-state index contributed by atoms with van der Waals surface area (Å²) in [5.41, 5.74) is 0. The number of unbranched alkanes of at least 4 members (excludes halogenated alkanes) is 3. The van der Waals surface area contributed by atoms with E-state index in [1.54, 1.807) is 12.2 Å². The number of halogens is 2. The zero-order valence-electron chi connectivity index (χ0n) is 10.9. The molecule has 0 aromatic rings. The summed E-state index contributed by atoms with van der Waals surface area (Å²) in [6.07, 6.45) is 11.3. The zero-order chi connectivity index (χ0) is 14.1. The number of esters is 1. The Hall–Kier alpha value is -0.130. The Balaban J connectivity index is 2.04. The van der Waals surface area contributed by atoms with Gasteiger partial charge in [-0.1, -0.05) is 25.0 Å².